The molecule has 2 rings (SSSR count). The number of rotatable bonds is 4. The fraction of sp³-hybridized carbons (Fsp3) is 0.143. The number of sulfone groups is 1. The van der Waals surface area contributed by atoms with Crippen molar-refractivity contribution in [2.45, 2.75) is 10.6 Å². The molecule has 106 valence electrons. The van der Waals surface area contributed by atoms with E-state index in [1.54, 1.807) is 0 Å². The van der Waals surface area contributed by atoms with E-state index >= 15 is 0 Å². The Bertz CT molecular complexity index is 708. The minimum Gasteiger partial charge on any atom is -0.504 e. The lowest BCUT2D eigenvalue weighted by Gasteiger charge is -2.08. The maximum absolute atomic E-state index is 12.8. The predicted octanol–water partition coefficient (Wildman–Crippen LogP) is 2.51. The minimum atomic E-state index is -3.57. The number of phenols is 1. The van der Waals surface area contributed by atoms with Crippen LogP contribution in [-0.2, 0) is 15.6 Å². The molecule has 0 heterocycles. The lowest BCUT2D eigenvalue weighted by Crippen LogP contribution is -2.05. The van der Waals surface area contributed by atoms with Crippen LogP contribution in [0.25, 0.3) is 0 Å². The van der Waals surface area contributed by atoms with Crippen LogP contribution < -0.4 is 4.74 Å². The summed E-state index contributed by atoms with van der Waals surface area (Å²) in [5.74, 6) is -0.600. The Balaban J connectivity index is 2.30. The molecule has 0 saturated carbocycles. The lowest BCUT2D eigenvalue weighted by atomic mass is 10.2. The van der Waals surface area contributed by atoms with Gasteiger partial charge < -0.3 is 9.84 Å². The van der Waals surface area contributed by atoms with Gasteiger partial charge in [-0.2, -0.15) is 0 Å². The summed E-state index contributed by atoms with van der Waals surface area (Å²) in [6.07, 6.45) is 0. The second-order valence-electron chi connectivity index (χ2n) is 4.22. The molecule has 1 N–H and O–H groups in total. The standard InChI is InChI=1S/C14H13FO4S/c1-19-14-8-10(2-7-13(14)16)9-20(17,18)12-5-3-11(15)4-6-12/h2-8,16H,9H2,1H3. The highest BCUT2D eigenvalue weighted by Gasteiger charge is 2.16. The Morgan fingerprint density at radius 1 is 1.15 bits per heavy atom. The Kier molecular flexibility index (Phi) is 3.94. The van der Waals surface area contributed by atoms with Crippen molar-refractivity contribution >= 4 is 9.84 Å². The van der Waals surface area contributed by atoms with Gasteiger partial charge in [-0.25, -0.2) is 12.8 Å². The van der Waals surface area contributed by atoms with Crippen LogP contribution in [0.1, 0.15) is 5.56 Å². The summed E-state index contributed by atoms with van der Waals surface area (Å²) in [7, 11) is -2.19. The highest BCUT2D eigenvalue weighted by atomic mass is 32.2. The zero-order valence-corrected chi connectivity index (χ0v) is 11.5. The number of benzene rings is 2. The quantitative estimate of drug-likeness (QED) is 0.881. The summed E-state index contributed by atoms with van der Waals surface area (Å²) >= 11 is 0. The topological polar surface area (TPSA) is 63.6 Å². The van der Waals surface area contributed by atoms with E-state index in [0.29, 0.717) is 5.56 Å². The van der Waals surface area contributed by atoms with Gasteiger partial charge in [-0.3, -0.25) is 0 Å². The van der Waals surface area contributed by atoms with Crippen molar-refractivity contribution in [2.24, 2.45) is 0 Å². The van der Waals surface area contributed by atoms with Gasteiger partial charge in [0.1, 0.15) is 5.82 Å². The van der Waals surface area contributed by atoms with Crippen molar-refractivity contribution in [3.8, 4) is 11.5 Å². The molecular weight excluding hydrogens is 283 g/mol. The summed E-state index contributed by atoms with van der Waals surface area (Å²) in [6.45, 7) is 0. The van der Waals surface area contributed by atoms with E-state index in [9.17, 15) is 17.9 Å². The van der Waals surface area contributed by atoms with Crippen molar-refractivity contribution in [2.75, 3.05) is 7.11 Å². The molecule has 0 atom stereocenters. The summed E-state index contributed by atoms with van der Waals surface area (Å²) in [4.78, 5) is 0.0472. The molecule has 0 fully saturated rings. The third-order valence-electron chi connectivity index (χ3n) is 2.77. The normalized spacial score (nSPS) is 11.3. The Morgan fingerprint density at radius 2 is 1.80 bits per heavy atom. The van der Waals surface area contributed by atoms with Crippen LogP contribution >= 0.6 is 0 Å². The molecule has 20 heavy (non-hydrogen) atoms. The molecule has 2 aromatic carbocycles. The summed E-state index contributed by atoms with van der Waals surface area (Å²) < 4.78 is 42.1. The summed E-state index contributed by atoms with van der Waals surface area (Å²) in [5, 5.41) is 9.46. The van der Waals surface area contributed by atoms with Crippen molar-refractivity contribution in [1.29, 1.82) is 0 Å². The van der Waals surface area contributed by atoms with Crippen molar-refractivity contribution in [3.05, 3.63) is 53.8 Å². The van der Waals surface area contributed by atoms with Gasteiger partial charge in [0, 0.05) is 0 Å². The second kappa shape index (κ2) is 5.50. The van der Waals surface area contributed by atoms with Gasteiger partial charge in [0.15, 0.2) is 21.3 Å². The monoisotopic (exact) mass is 296 g/mol. The smallest absolute Gasteiger partial charge is 0.182 e. The fourth-order valence-electron chi connectivity index (χ4n) is 1.76. The first-order chi connectivity index (χ1) is 9.42. The molecule has 0 unspecified atom stereocenters. The number of hydrogen-bond donors (Lipinski definition) is 1. The Hall–Kier alpha value is -2.08. The van der Waals surface area contributed by atoms with Gasteiger partial charge in [-0.05, 0) is 42.0 Å². The predicted molar refractivity (Wildman–Crippen MR) is 71.9 cm³/mol. The average molecular weight is 296 g/mol. The number of phenolic OH excluding ortho intramolecular Hbond substituents is 1. The van der Waals surface area contributed by atoms with Crippen LogP contribution in [0.4, 0.5) is 4.39 Å². The van der Waals surface area contributed by atoms with Crippen LogP contribution in [0, 0.1) is 5.82 Å². The van der Waals surface area contributed by atoms with Crippen LogP contribution in [0.3, 0.4) is 0 Å². The number of halogens is 1. The van der Waals surface area contributed by atoms with Gasteiger partial charge in [0.05, 0.1) is 17.8 Å². The fourth-order valence-corrected chi connectivity index (χ4v) is 3.09. The SMILES string of the molecule is COc1cc(CS(=O)(=O)c2ccc(F)cc2)ccc1O. The third-order valence-corrected chi connectivity index (χ3v) is 4.48. The van der Waals surface area contributed by atoms with E-state index in [-0.39, 0.29) is 22.1 Å². The zero-order valence-electron chi connectivity index (χ0n) is 10.7. The molecule has 0 aliphatic heterocycles. The average Bonchev–Trinajstić information content (AvgIpc) is 2.41. The number of hydrogen-bond acceptors (Lipinski definition) is 4. The Morgan fingerprint density at radius 3 is 2.40 bits per heavy atom. The second-order valence-corrected chi connectivity index (χ2v) is 6.21. The highest BCUT2D eigenvalue weighted by molar-refractivity contribution is 7.90. The molecular formula is C14H13FO4S. The maximum atomic E-state index is 12.8. The molecule has 0 radical (unpaired) electrons. The molecule has 4 nitrogen and oxygen atoms in total. The molecule has 0 aromatic heterocycles. The molecule has 0 aliphatic rings. The van der Waals surface area contributed by atoms with Crippen LogP contribution in [-0.4, -0.2) is 20.6 Å². The first-order valence-electron chi connectivity index (χ1n) is 5.76. The zero-order chi connectivity index (χ0) is 14.8. The van der Waals surface area contributed by atoms with Crippen molar-refractivity contribution in [1.82, 2.24) is 0 Å². The summed E-state index contributed by atoms with van der Waals surface area (Å²) in [5.41, 5.74) is 0.476. The lowest BCUT2D eigenvalue weighted by molar-refractivity contribution is 0.373. The molecule has 0 bridgehead atoms. The van der Waals surface area contributed by atoms with Gasteiger partial charge in [0.25, 0.3) is 0 Å². The molecule has 0 aliphatic carbocycles. The van der Waals surface area contributed by atoms with E-state index in [2.05, 4.69) is 0 Å². The van der Waals surface area contributed by atoms with Crippen LogP contribution in [0.2, 0.25) is 0 Å². The first kappa shape index (κ1) is 14.3. The summed E-state index contributed by atoms with van der Waals surface area (Å²) in [6, 6.07) is 8.98. The van der Waals surface area contributed by atoms with E-state index in [4.69, 9.17) is 4.74 Å². The van der Waals surface area contributed by atoms with Crippen LogP contribution in [0.15, 0.2) is 47.4 Å². The van der Waals surface area contributed by atoms with Crippen molar-refractivity contribution in [3.63, 3.8) is 0 Å². The number of methoxy groups -OCH3 is 1. The largest absolute Gasteiger partial charge is 0.504 e. The molecule has 6 heteroatoms. The Labute approximate surface area is 116 Å². The molecule has 0 saturated heterocycles. The number of aromatic hydroxyl groups is 1. The highest BCUT2D eigenvalue weighted by Crippen LogP contribution is 2.28. The van der Waals surface area contributed by atoms with E-state index in [0.717, 1.165) is 12.1 Å². The van der Waals surface area contributed by atoms with E-state index < -0.39 is 15.7 Å². The maximum Gasteiger partial charge on any atom is 0.182 e. The van der Waals surface area contributed by atoms with Gasteiger partial charge in [-0.1, -0.05) is 6.07 Å². The molecule has 2 aromatic rings. The van der Waals surface area contributed by atoms with Gasteiger partial charge >= 0.3 is 0 Å². The first-order valence-corrected chi connectivity index (χ1v) is 7.42. The van der Waals surface area contributed by atoms with Crippen LogP contribution in [0.5, 0.6) is 11.5 Å². The van der Waals surface area contributed by atoms with Crippen molar-refractivity contribution < 1.29 is 22.7 Å². The van der Waals surface area contributed by atoms with E-state index in [1.807, 2.05) is 0 Å². The van der Waals surface area contributed by atoms with Gasteiger partial charge in [0.2, 0.25) is 0 Å². The van der Waals surface area contributed by atoms with Gasteiger partial charge in [-0.15, -0.1) is 0 Å². The number of ether oxygens (including phenoxy) is 1. The third kappa shape index (κ3) is 3.08. The minimum absolute atomic E-state index is 0.0472. The van der Waals surface area contributed by atoms with E-state index in [1.165, 1.54) is 37.4 Å². The molecule has 0 amide bonds. The molecule has 0 spiro atoms.